The maximum Gasteiger partial charge on any atom is 0.273 e. The number of H-pyrrole nitrogens is 1. The van der Waals surface area contributed by atoms with Crippen molar-refractivity contribution < 1.29 is 9.53 Å². The van der Waals surface area contributed by atoms with E-state index in [4.69, 9.17) is 4.74 Å². The lowest BCUT2D eigenvalue weighted by Crippen LogP contribution is -2.32. The summed E-state index contributed by atoms with van der Waals surface area (Å²) in [7, 11) is 0. The summed E-state index contributed by atoms with van der Waals surface area (Å²) in [5.74, 6) is 1.18. The first-order valence-electron chi connectivity index (χ1n) is 9.77. The lowest BCUT2D eigenvalue weighted by Gasteiger charge is -2.28. The average Bonchev–Trinajstić information content (AvgIpc) is 3.22. The molecule has 1 N–H and O–H groups in total. The van der Waals surface area contributed by atoms with Crippen LogP contribution >= 0.6 is 0 Å². The van der Waals surface area contributed by atoms with Gasteiger partial charge in [0, 0.05) is 17.7 Å². The highest BCUT2D eigenvalue weighted by atomic mass is 16.5. The van der Waals surface area contributed by atoms with Crippen LogP contribution in [0.1, 0.15) is 48.4 Å². The molecule has 0 saturated heterocycles. The molecule has 5 heteroatoms. The SMILES string of the molecule is CCOc1cccc(C2c3c(-c4ccccc4)n[nH]c3C(=O)N2CC(C)C)c1. The number of rotatable bonds is 6. The third-order valence-corrected chi connectivity index (χ3v) is 4.96. The molecule has 144 valence electrons. The number of carbonyl (C=O) groups is 1. The smallest absolute Gasteiger partial charge is 0.273 e. The van der Waals surface area contributed by atoms with E-state index in [1.54, 1.807) is 0 Å². The average molecular weight is 375 g/mol. The molecule has 1 unspecified atom stereocenters. The summed E-state index contributed by atoms with van der Waals surface area (Å²) in [5.41, 5.74) is 4.42. The first-order chi connectivity index (χ1) is 13.6. The van der Waals surface area contributed by atoms with E-state index < -0.39 is 0 Å². The number of benzene rings is 2. The topological polar surface area (TPSA) is 58.2 Å². The third-order valence-electron chi connectivity index (χ3n) is 4.96. The molecule has 1 aromatic heterocycles. The van der Waals surface area contributed by atoms with Crippen molar-refractivity contribution in [2.24, 2.45) is 5.92 Å². The Balaban J connectivity index is 1.86. The molecular weight excluding hydrogens is 350 g/mol. The maximum absolute atomic E-state index is 13.2. The summed E-state index contributed by atoms with van der Waals surface area (Å²) in [6, 6.07) is 17.9. The van der Waals surface area contributed by atoms with Crippen LogP contribution in [0.25, 0.3) is 11.3 Å². The van der Waals surface area contributed by atoms with Crippen molar-refractivity contribution in [3.05, 3.63) is 71.4 Å². The summed E-state index contributed by atoms with van der Waals surface area (Å²) in [4.78, 5) is 15.1. The number of carbonyl (C=O) groups excluding carboxylic acids is 1. The maximum atomic E-state index is 13.2. The van der Waals surface area contributed by atoms with Crippen LogP contribution < -0.4 is 4.74 Å². The number of aromatic nitrogens is 2. The fourth-order valence-electron chi connectivity index (χ4n) is 3.88. The zero-order chi connectivity index (χ0) is 19.7. The fraction of sp³-hybridized carbons (Fsp3) is 0.304. The number of hydrogen-bond acceptors (Lipinski definition) is 3. The number of aromatic amines is 1. The van der Waals surface area contributed by atoms with Crippen molar-refractivity contribution in [2.75, 3.05) is 13.2 Å². The van der Waals surface area contributed by atoms with Gasteiger partial charge in [-0.3, -0.25) is 9.89 Å². The molecule has 5 nitrogen and oxygen atoms in total. The molecule has 0 spiro atoms. The van der Waals surface area contributed by atoms with Gasteiger partial charge in [0.05, 0.1) is 18.3 Å². The molecule has 1 aliphatic rings. The van der Waals surface area contributed by atoms with Gasteiger partial charge in [0.25, 0.3) is 5.91 Å². The van der Waals surface area contributed by atoms with Gasteiger partial charge in [0.15, 0.2) is 0 Å². The van der Waals surface area contributed by atoms with Crippen LogP contribution in [-0.4, -0.2) is 34.2 Å². The predicted octanol–water partition coefficient (Wildman–Crippen LogP) is 4.68. The van der Waals surface area contributed by atoms with Crippen molar-refractivity contribution in [1.82, 2.24) is 15.1 Å². The van der Waals surface area contributed by atoms with Crippen LogP contribution in [0.5, 0.6) is 5.75 Å². The molecule has 1 aliphatic heterocycles. The van der Waals surface area contributed by atoms with Crippen LogP contribution in [0.15, 0.2) is 54.6 Å². The van der Waals surface area contributed by atoms with Gasteiger partial charge in [-0.1, -0.05) is 56.3 Å². The largest absolute Gasteiger partial charge is 0.494 e. The fourth-order valence-corrected chi connectivity index (χ4v) is 3.88. The van der Waals surface area contributed by atoms with Crippen LogP contribution in [-0.2, 0) is 0 Å². The van der Waals surface area contributed by atoms with Crippen LogP contribution in [0.4, 0.5) is 0 Å². The summed E-state index contributed by atoms with van der Waals surface area (Å²) in [6.45, 7) is 7.51. The van der Waals surface area contributed by atoms with Crippen molar-refractivity contribution >= 4 is 5.91 Å². The monoisotopic (exact) mass is 375 g/mol. The van der Waals surface area contributed by atoms with Gasteiger partial charge < -0.3 is 9.64 Å². The second-order valence-corrected chi connectivity index (χ2v) is 7.49. The number of amides is 1. The Labute approximate surface area is 165 Å². The molecule has 28 heavy (non-hydrogen) atoms. The summed E-state index contributed by atoms with van der Waals surface area (Å²) < 4.78 is 5.71. The molecule has 0 bridgehead atoms. The Morgan fingerprint density at radius 1 is 1.14 bits per heavy atom. The van der Waals surface area contributed by atoms with Crippen molar-refractivity contribution in [2.45, 2.75) is 26.8 Å². The highest BCUT2D eigenvalue weighted by molar-refractivity contribution is 6.00. The summed E-state index contributed by atoms with van der Waals surface area (Å²) >= 11 is 0. The summed E-state index contributed by atoms with van der Waals surface area (Å²) in [6.07, 6.45) is 0. The Hall–Kier alpha value is -3.08. The number of nitrogens with zero attached hydrogens (tertiary/aromatic N) is 2. The van der Waals surface area contributed by atoms with Gasteiger partial charge in [-0.2, -0.15) is 5.10 Å². The summed E-state index contributed by atoms with van der Waals surface area (Å²) in [5, 5.41) is 7.51. The normalized spacial score (nSPS) is 15.9. The van der Waals surface area contributed by atoms with Crippen molar-refractivity contribution in [1.29, 1.82) is 0 Å². The minimum atomic E-state index is -0.181. The third kappa shape index (κ3) is 3.17. The molecule has 2 aromatic carbocycles. The van der Waals surface area contributed by atoms with Gasteiger partial charge in [0.2, 0.25) is 0 Å². The molecule has 0 fully saturated rings. The quantitative estimate of drug-likeness (QED) is 0.681. The van der Waals surface area contributed by atoms with E-state index in [1.807, 2.05) is 60.4 Å². The molecule has 1 atom stereocenters. The van der Waals surface area contributed by atoms with E-state index >= 15 is 0 Å². The highest BCUT2D eigenvalue weighted by Gasteiger charge is 2.42. The zero-order valence-electron chi connectivity index (χ0n) is 16.5. The second-order valence-electron chi connectivity index (χ2n) is 7.49. The van der Waals surface area contributed by atoms with Gasteiger partial charge in [-0.25, -0.2) is 0 Å². The van der Waals surface area contributed by atoms with Crippen molar-refractivity contribution in [3.63, 3.8) is 0 Å². The zero-order valence-corrected chi connectivity index (χ0v) is 16.5. The lowest BCUT2D eigenvalue weighted by atomic mass is 9.95. The standard InChI is InChI=1S/C23H25N3O2/c1-4-28-18-12-8-11-17(13-18)22-19-20(16-9-6-5-7-10-16)24-25-21(19)23(27)26(22)14-15(2)3/h5-13,15,22H,4,14H2,1-3H3,(H,24,25). The number of nitrogens with one attached hydrogen (secondary N) is 1. The van der Waals surface area contributed by atoms with Gasteiger partial charge in [0.1, 0.15) is 11.4 Å². The highest BCUT2D eigenvalue weighted by Crippen LogP contribution is 2.43. The molecule has 2 heterocycles. The van der Waals surface area contributed by atoms with Gasteiger partial charge in [-0.05, 0) is 30.5 Å². The Kier molecular flexibility index (Phi) is 4.90. The lowest BCUT2D eigenvalue weighted by molar-refractivity contribution is 0.0722. The molecule has 4 rings (SSSR count). The number of fused-ring (bicyclic) bond motifs is 1. The second kappa shape index (κ2) is 7.50. The van der Waals surface area contributed by atoms with E-state index in [2.05, 4.69) is 30.1 Å². The van der Waals surface area contributed by atoms with E-state index in [-0.39, 0.29) is 11.9 Å². The van der Waals surface area contributed by atoms with E-state index in [0.717, 1.165) is 28.1 Å². The number of hydrogen-bond donors (Lipinski definition) is 1. The van der Waals surface area contributed by atoms with E-state index in [1.165, 1.54) is 0 Å². The van der Waals surface area contributed by atoms with E-state index in [0.29, 0.717) is 24.8 Å². The molecule has 1 amide bonds. The van der Waals surface area contributed by atoms with Crippen LogP contribution in [0, 0.1) is 5.92 Å². The van der Waals surface area contributed by atoms with Crippen molar-refractivity contribution in [3.8, 4) is 17.0 Å². The van der Waals surface area contributed by atoms with Gasteiger partial charge in [-0.15, -0.1) is 0 Å². The first kappa shape index (κ1) is 18.3. The Morgan fingerprint density at radius 3 is 2.64 bits per heavy atom. The minimum absolute atomic E-state index is 0.00481. The molecule has 3 aromatic rings. The first-order valence-corrected chi connectivity index (χ1v) is 9.77. The number of ether oxygens (including phenoxy) is 1. The molecule has 0 saturated carbocycles. The minimum Gasteiger partial charge on any atom is -0.494 e. The van der Waals surface area contributed by atoms with Gasteiger partial charge >= 0.3 is 0 Å². The molecule has 0 aliphatic carbocycles. The Bertz CT molecular complexity index is 979. The Morgan fingerprint density at radius 2 is 1.93 bits per heavy atom. The van der Waals surface area contributed by atoms with Crippen LogP contribution in [0.3, 0.4) is 0 Å². The van der Waals surface area contributed by atoms with Crippen LogP contribution in [0.2, 0.25) is 0 Å². The molecular formula is C23H25N3O2. The predicted molar refractivity (Wildman–Crippen MR) is 109 cm³/mol. The molecule has 0 radical (unpaired) electrons. The van der Waals surface area contributed by atoms with E-state index in [9.17, 15) is 4.79 Å².